The van der Waals surface area contributed by atoms with Gasteiger partial charge < -0.3 is 9.84 Å². The molecule has 0 amide bonds. The molecule has 0 bridgehead atoms. The Morgan fingerprint density at radius 3 is 2.88 bits per heavy atom. The Hall–Kier alpha value is -1.88. The lowest BCUT2D eigenvalue weighted by atomic mass is 10.2. The van der Waals surface area contributed by atoms with Crippen molar-refractivity contribution >= 4 is 17.3 Å². The summed E-state index contributed by atoms with van der Waals surface area (Å²) in [7, 11) is 0. The molecule has 0 aliphatic heterocycles. The fourth-order valence-corrected chi connectivity index (χ4v) is 1.98. The van der Waals surface area contributed by atoms with Crippen molar-refractivity contribution in [1.82, 2.24) is 0 Å². The van der Waals surface area contributed by atoms with Gasteiger partial charge in [0.2, 0.25) is 0 Å². The highest BCUT2D eigenvalue weighted by atomic mass is 32.1. The zero-order chi connectivity index (χ0) is 12.3. The number of aromatic carboxylic acids is 1. The highest BCUT2D eigenvalue weighted by Gasteiger charge is 2.12. The number of carboxylic acid groups (broad SMARTS) is 1. The van der Waals surface area contributed by atoms with Crippen LogP contribution in [-0.4, -0.2) is 11.1 Å². The normalized spacial score (nSPS) is 10.2. The molecule has 0 saturated heterocycles. The fraction of sp³-hybridized carbons (Fsp3) is 0.0833. The first-order chi connectivity index (χ1) is 8.16. The van der Waals surface area contributed by atoms with Crippen LogP contribution in [0.2, 0.25) is 0 Å². The van der Waals surface area contributed by atoms with Gasteiger partial charge in [-0.2, -0.15) is 11.3 Å². The Kier molecular flexibility index (Phi) is 3.39. The van der Waals surface area contributed by atoms with Crippen molar-refractivity contribution in [1.29, 1.82) is 0 Å². The van der Waals surface area contributed by atoms with Gasteiger partial charge >= 0.3 is 5.97 Å². The van der Waals surface area contributed by atoms with Crippen molar-refractivity contribution in [2.75, 3.05) is 0 Å². The minimum Gasteiger partial charge on any atom is -0.488 e. The maximum absolute atomic E-state index is 13.0. The minimum atomic E-state index is -1.13. The highest BCUT2D eigenvalue weighted by molar-refractivity contribution is 7.07. The Morgan fingerprint density at radius 1 is 1.41 bits per heavy atom. The highest BCUT2D eigenvalue weighted by Crippen LogP contribution is 2.21. The minimum absolute atomic E-state index is 0.0402. The summed E-state index contributed by atoms with van der Waals surface area (Å²) < 4.78 is 18.3. The zero-order valence-electron chi connectivity index (χ0n) is 8.72. The van der Waals surface area contributed by atoms with E-state index in [-0.39, 0.29) is 17.9 Å². The zero-order valence-corrected chi connectivity index (χ0v) is 9.54. The molecule has 0 saturated carbocycles. The summed E-state index contributed by atoms with van der Waals surface area (Å²) in [5.74, 6) is -1.61. The van der Waals surface area contributed by atoms with Crippen LogP contribution in [0.3, 0.4) is 0 Å². The second-order valence-electron chi connectivity index (χ2n) is 3.37. The standard InChI is InChI=1S/C12H9FO3S/c13-9-1-2-10(12(14)15)11(5-9)16-6-8-3-4-17-7-8/h1-5,7H,6H2,(H,14,15). The molecule has 1 N–H and O–H groups in total. The van der Waals surface area contributed by atoms with Crippen LogP contribution in [0, 0.1) is 5.82 Å². The molecule has 0 fully saturated rings. The van der Waals surface area contributed by atoms with Gasteiger partial charge in [-0.1, -0.05) is 0 Å². The van der Waals surface area contributed by atoms with Crippen LogP contribution >= 0.6 is 11.3 Å². The number of benzene rings is 1. The smallest absolute Gasteiger partial charge is 0.339 e. The molecule has 17 heavy (non-hydrogen) atoms. The molecule has 1 aromatic heterocycles. The van der Waals surface area contributed by atoms with Gasteiger partial charge in [0.1, 0.15) is 23.7 Å². The largest absolute Gasteiger partial charge is 0.488 e. The summed E-state index contributed by atoms with van der Waals surface area (Å²) in [6, 6.07) is 5.24. The molecule has 5 heteroatoms. The van der Waals surface area contributed by atoms with Crippen molar-refractivity contribution in [3.63, 3.8) is 0 Å². The van der Waals surface area contributed by atoms with Crippen LogP contribution in [0.15, 0.2) is 35.0 Å². The fourth-order valence-electron chi connectivity index (χ4n) is 1.33. The van der Waals surface area contributed by atoms with Crippen LogP contribution in [0.4, 0.5) is 4.39 Å². The first-order valence-corrected chi connectivity index (χ1v) is 5.78. The number of carbonyl (C=O) groups is 1. The first kappa shape index (κ1) is 11.6. The van der Waals surface area contributed by atoms with Crippen molar-refractivity contribution in [3.8, 4) is 5.75 Å². The molecular weight excluding hydrogens is 243 g/mol. The second kappa shape index (κ2) is 4.97. The molecule has 0 unspecified atom stereocenters. The summed E-state index contributed by atoms with van der Waals surface area (Å²) in [6.45, 7) is 0.229. The van der Waals surface area contributed by atoms with Crippen molar-refractivity contribution < 1.29 is 19.0 Å². The maximum atomic E-state index is 13.0. The Balaban J connectivity index is 2.19. The molecule has 88 valence electrons. The first-order valence-electron chi connectivity index (χ1n) is 4.83. The van der Waals surface area contributed by atoms with Crippen molar-refractivity contribution in [3.05, 3.63) is 52.0 Å². The Labute approximate surface area is 101 Å². The summed E-state index contributed by atoms with van der Waals surface area (Å²) in [5, 5.41) is 12.7. The third-order valence-electron chi connectivity index (χ3n) is 2.15. The quantitative estimate of drug-likeness (QED) is 0.909. The topological polar surface area (TPSA) is 46.5 Å². The predicted octanol–water partition coefficient (Wildman–Crippen LogP) is 3.16. The van der Waals surface area contributed by atoms with Gasteiger partial charge in [0.25, 0.3) is 0 Å². The molecule has 0 spiro atoms. The molecule has 1 heterocycles. The van der Waals surface area contributed by atoms with Gasteiger partial charge in [-0.25, -0.2) is 9.18 Å². The summed E-state index contributed by atoms with van der Waals surface area (Å²) >= 11 is 1.52. The van der Waals surface area contributed by atoms with E-state index in [2.05, 4.69) is 0 Å². The molecule has 2 aromatic rings. The number of rotatable bonds is 4. The average Bonchev–Trinajstić information content (AvgIpc) is 2.78. The Bertz CT molecular complexity index is 523. The van der Waals surface area contributed by atoms with Crippen LogP contribution in [0.1, 0.15) is 15.9 Å². The van der Waals surface area contributed by atoms with E-state index in [1.807, 2.05) is 16.8 Å². The maximum Gasteiger partial charge on any atom is 0.339 e. The molecule has 0 radical (unpaired) electrons. The number of carboxylic acids is 1. The number of hydrogen-bond acceptors (Lipinski definition) is 3. The van der Waals surface area contributed by atoms with Crippen LogP contribution in [0.5, 0.6) is 5.75 Å². The number of thiophene rings is 1. The lowest BCUT2D eigenvalue weighted by molar-refractivity contribution is 0.0691. The number of ether oxygens (including phenoxy) is 1. The molecule has 1 aromatic carbocycles. The molecule has 3 nitrogen and oxygen atoms in total. The molecule has 0 atom stereocenters. The Morgan fingerprint density at radius 2 is 2.24 bits per heavy atom. The van der Waals surface area contributed by atoms with E-state index in [9.17, 15) is 9.18 Å². The number of hydrogen-bond donors (Lipinski definition) is 1. The molecule has 2 rings (SSSR count). The van der Waals surface area contributed by atoms with Gasteiger partial charge in [-0.3, -0.25) is 0 Å². The summed E-state index contributed by atoms with van der Waals surface area (Å²) in [6.07, 6.45) is 0. The van der Waals surface area contributed by atoms with E-state index in [0.717, 1.165) is 17.7 Å². The molecular formula is C12H9FO3S. The van der Waals surface area contributed by atoms with E-state index >= 15 is 0 Å². The van der Waals surface area contributed by atoms with Gasteiger partial charge in [0.05, 0.1) is 0 Å². The lowest BCUT2D eigenvalue weighted by Crippen LogP contribution is -2.03. The number of halogens is 1. The summed E-state index contributed by atoms with van der Waals surface area (Å²) in [4.78, 5) is 10.9. The van der Waals surface area contributed by atoms with Crippen molar-refractivity contribution in [2.45, 2.75) is 6.61 Å². The average molecular weight is 252 g/mol. The van der Waals surface area contributed by atoms with E-state index in [0.29, 0.717) is 0 Å². The second-order valence-corrected chi connectivity index (χ2v) is 4.15. The monoisotopic (exact) mass is 252 g/mol. The van der Waals surface area contributed by atoms with E-state index in [1.165, 1.54) is 17.4 Å². The molecule has 0 aliphatic carbocycles. The summed E-state index contributed by atoms with van der Waals surface area (Å²) in [5.41, 5.74) is 0.886. The third kappa shape index (κ3) is 2.82. The SMILES string of the molecule is O=C(O)c1ccc(F)cc1OCc1ccsc1. The molecule has 0 aliphatic rings. The van der Waals surface area contributed by atoms with Crippen LogP contribution in [-0.2, 0) is 6.61 Å². The van der Waals surface area contributed by atoms with E-state index < -0.39 is 11.8 Å². The van der Waals surface area contributed by atoms with Crippen LogP contribution in [0.25, 0.3) is 0 Å². The van der Waals surface area contributed by atoms with E-state index in [4.69, 9.17) is 9.84 Å². The third-order valence-corrected chi connectivity index (χ3v) is 2.88. The van der Waals surface area contributed by atoms with Gasteiger partial charge in [0.15, 0.2) is 0 Å². The van der Waals surface area contributed by atoms with Crippen molar-refractivity contribution in [2.24, 2.45) is 0 Å². The van der Waals surface area contributed by atoms with Gasteiger partial charge in [0, 0.05) is 6.07 Å². The van der Waals surface area contributed by atoms with Gasteiger partial charge in [-0.15, -0.1) is 0 Å². The lowest BCUT2D eigenvalue weighted by Gasteiger charge is -2.08. The predicted molar refractivity (Wildman–Crippen MR) is 62.0 cm³/mol. The van der Waals surface area contributed by atoms with Gasteiger partial charge in [-0.05, 0) is 34.5 Å². The van der Waals surface area contributed by atoms with Crippen LogP contribution < -0.4 is 4.74 Å². The van der Waals surface area contributed by atoms with E-state index in [1.54, 1.807) is 0 Å².